The zero-order chi connectivity index (χ0) is 15.0. The second kappa shape index (κ2) is 5.16. The molecule has 6 nitrogen and oxygen atoms in total. The van der Waals surface area contributed by atoms with Gasteiger partial charge in [-0.3, -0.25) is 9.52 Å². The van der Waals surface area contributed by atoms with Gasteiger partial charge in [-0.15, -0.1) is 0 Å². The lowest BCUT2D eigenvalue weighted by molar-refractivity contribution is -0.120. The second-order valence-corrected chi connectivity index (χ2v) is 7.34. The van der Waals surface area contributed by atoms with Gasteiger partial charge in [0.2, 0.25) is 10.0 Å². The summed E-state index contributed by atoms with van der Waals surface area (Å²) in [6.45, 7) is 0. The van der Waals surface area contributed by atoms with Crippen LogP contribution in [0.2, 0.25) is 0 Å². The van der Waals surface area contributed by atoms with Crippen LogP contribution in [0.25, 0.3) is 10.9 Å². The van der Waals surface area contributed by atoms with Crippen LogP contribution in [0.1, 0.15) is 18.4 Å². The van der Waals surface area contributed by atoms with Crippen LogP contribution in [0, 0.1) is 0 Å². The van der Waals surface area contributed by atoms with Crippen LogP contribution in [0.3, 0.4) is 0 Å². The Bertz CT molecular complexity index is 778. The van der Waals surface area contributed by atoms with Gasteiger partial charge in [0.25, 0.3) is 5.91 Å². The van der Waals surface area contributed by atoms with Crippen LogP contribution < -0.4 is 10.5 Å². The van der Waals surface area contributed by atoms with E-state index in [1.165, 1.54) is 0 Å². The van der Waals surface area contributed by atoms with Crippen LogP contribution in [0.5, 0.6) is 0 Å². The Kier molecular flexibility index (Phi) is 3.46. The van der Waals surface area contributed by atoms with Crippen LogP contribution >= 0.6 is 0 Å². The van der Waals surface area contributed by atoms with Gasteiger partial charge in [-0.05, 0) is 30.9 Å². The van der Waals surface area contributed by atoms with Crippen molar-refractivity contribution in [2.45, 2.75) is 30.6 Å². The summed E-state index contributed by atoms with van der Waals surface area (Å²) >= 11 is 0. The molecule has 1 aliphatic rings. The summed E-state index contributed by atoms with van der Waals surface area (Å²) in [6.07, 6.45) is 3.31. The number of nitrogens with one attached hydrogen (secondary N) is 2. The highest BCUT2D eigenvalue weighted by molar-refractivity contribution is 7.90. The Morgan fingerprint density at radius 2 is 2.10 bits per heavy atom. The molecule has 0 saturated heterocycles. The summed E-state index contributed by atoms with van der Waals surface area (Å²) < 4.78 is 25.5. The highest BCUT2D eigenvalue weighted by Gasteiger charge is 2.37. The van der Waals surface area contributed by atoms with E-state index in [4.69, 9.17) is 5.73 Å². The van der Waals surface area contributed by atoms with Crippen molar-refractivity contribution in [3.63, 3.8) is 0 Å². The van der Waals surface area contributed by atoms with E-state index in [-0.39, 0.29) is 6.42 Å². The molecule has 21 heavy (non-hydrogen) atoms. The summed E-state index contributed by atoms with van der Waals surface area (Å²) in [7, 11) is -3.54. The van der Waals surface area contributed by atoms with Crippen molar-refractivity contribution >= 4 is 26.8 Å². The van der Waals surface area contributed by atoms with Crippen molar-refractivity contribution in [3.05, 3.63) is 36.0 Å². The molecule has 7 heteroatoms. The second-order valence-electron chi connectivity index (χ2n) is 5.38. The minimum atomic E-state index is -3.54. The van der Waals surface area contributed by atoms with Crippen molar-refractivity contribution in [2.24, 2.45) is 5.73 Å². The molecule has 1 aliphatic carbocycles. The topological polar surface area (TPSA) is 105 Å². The van der Waals surface area contributed by atoms with Gasteiger partial charge in [-0.25, -0.2) is 8.42 Å². The number of H-pyrrole nitrogens is 1. The number of sulfonamides is 1. The third-order valence-corrected chi connectivity index (χ3v) is 5.49. The van der Waals surface area contributed by atoms with Gasteiger partial charge in [0.1, 0.15) is 0 Å². The van der Waals surface area contributed by atoms with Crippen molar-refractivity contribution in [2.75, 3.05) is 0 Å². The molecule has 1 fully saturated rings. The molecular weight excluding hydrogens is 290 g/mol. The van der Waals surface area contributed by atoms with E-state index in [0.717, 1.165) is 16.5 Å². The standard InChI is InChI=1S/C14H17N3O3S/c15-12(14(18)17-21(19,20)10-5-6-10)7-9-8-16-13-4-2-1-3-11(9)13/h1-4,8,10,12,16H,5-7,15H2,(H,17,18)/t12-/m1/s1. The van der Waals surface area contributed by atoms with E-state index in [2.05, 4.69) is 9.71 Å². The minimum Gasteiger partial charge on any atom is -0.361 e. The van der Waals surface area contributed by atoms with Crippen molar-refractivity contribution in [3.8, 4) is 0 Å². The Balaban J connectivity index is 1.71. The molecule has 1 amide bonds. The molecular formula is C14H17N3O3S. The number of benzene rings is 1. The van der Waals surface area contributed by atoms with E-state index in [1.54, 1.807) is 6.20 Å². The van der Waals surface area contributed by atoms with Gasteiger partial charge in [-0.2, -0.15) is 0 Å². The number of carbonyl (C=O) groups is 1. The Labute approximate surface area is 122 Å². The van der Waals surface area contributed by atoms with Crippen LogP contribution in [0.15, 0.2) is 30.5 Å². The van der Waals surface area contributed by atoms with E-state index < -0.39 is 27.2 Å². The average Bonchev–Trinajstić information content (AvgIpc) is 3.23. The van der Waals surface area contributed by atoms with E-state index in [1.807, 2.05) is 24.3 Å². The van der Waals surface area contributed by atoms with Gasteiger partial charge in [-0.1, -0.05) is 18.2 Å². The van der Waals surface area contributed by atoms with Crippen molar-refractivity contribution < 1.29 is 13.2 Å². The highest BCUT2D eigenvalue weighted by atomic mass is 32.2. The predicted molar refractivity (Wildman–Crippen MR) is 80.1 cm³/mol. The number of hydrogen-bond acceptors (Lipinski definition) is 4. The molecule has 0 radical (unpaired) electrons. The van der Waals surface area contributed by atoms with Crippen molar-refractivity contribution in [1.29, 1.82) is 0 Å². The number of hydrogen-bond donors (Lipinski definition) is 3. The molecule has 1 aromatic heterocycles. The average molecular weight is 307 g/mol. The van der Waals surface area contributed by atoms with E-state index in [0.29, 0.717) is 12.8 Å². The fourth-order valence-corrected chi connectivity index (χ4v) is 3.66. The number of carbonyl (C=O) groups excluding carboxylic acids is 1. The Hall–Kier alpha value is -1.86. The molecule has 0 spiro atoms. The zero-order valence-corrected chi connectivity index (χ0v) is 12.2. The summed E-state index contributed by atoms with van der Waals surface area (Å²) in [5.41, 5.74) is 7.70. The zero-order valence-electron chi connectivity index (χ0n) is 11.4. The summed E-state index contributed by atoms with van der Waals surface area (Å²) in [5.74, 6) is -0.646. The van der Waals surface area contributed by atoms with Crippen molar-refractivity contribution in [1.82, 2.24) is 9.71 Å². The normalized spacial score (nSPS) is 16.8. The van der Waals surface area contributed by atoms with Gasteiger partial charge < -0.3 is 10.7 Å². The lowest BCUT2D eigenvalue weighted by Gasteiger charge is -2.12. The maximum absolute atomic E-state index is 11.9. The van der Waals surface area contributed by atoms with Crippen LogP contribution in [-0.4, -0.2) is 30.6 Å². The maximum Gasteiger partial charge on any atom is 0.250 e. The van der Waals surface area contributed by atoms with Gasteiger partial charge in [0.05, 0.1) is 11.3 Å². The third kappa shape index (κ3) is 2.93. The summed E-state index contributed by atoms with van der Waals surface area (Å²) in [6, 6.07) is 6.80. The fourth-order valence-electron chi connectivity index (χ4n) is 2.31. The number of amides is 1. The molecule has 1 saturated carbocycles. The third-order valence-electron chi connectivity index (χ3n) is 3.66. The lowest BCUT2D eigenvalue weighted by atomic mass is 10.1. The monoisotopic (exact) mass is 307 g/mol. The van der Waals surface area contributed by atoms with Crippen LogP contribution in [-0.2, 0) is 21.2 Å². The quantitative estimate of drug-likeness (QED) is 0.754. The summed E-state index contributed by atoms with van der Waals surface area (Å²) in [4.78, 5) is 15.0. The Morgan fingerprint density at radius 1 is 1.38 bits per heavy atom. The number of nitrogens with two attached hydrogens (primary N) is 1. The number of rotatable bonds is 5. The molecule has 2 aromatic rings. The molecule has 112 valence electrons. The van der Waals surface area contributed by atoms with E-state index >= 15 is 0 Å². The first-order valence-electron chi connectivity index (χ1n) is 6.83. The number of aromatic nitrogens is 1. The molecule has 4 N–H and O–H groups in total. The molecule has 3 rings (SSSR count). The number of fused-ring (bicyclic) bond motifs is 1. The lowest BCUT2D eigenvalue weighted by Crippen LogP contribution is -2.45. The first-order valence-corrected chi connectivity index (χ1v) is 8.38. The van der Waals surface area contributed by atoms with Gasteiger partial charge in [0.15, 0.2) is 0 Å². The minimum absolute atomic E-state index is 0.288. The molecule has 0 unspecified atom stereocenters. The first-order chi connectivity index (χ1) is 9.97. The van der Waals surface area contributed by atoms with Gasteiger partial charge >= 0.3 is 0 Å². The molecule has 0 bridgehead atoms. The molecule has 0 aliphatic heterocycles. The number of aromatic amines is 1. The predicted octanol–water partition coefficient (Wildman–Crippen LogP) is 0.646. The molecule has 1 atom stereocenters. The SMILES string of the molecule is N[C@H](Cc1c[nH]c2ccccc12)C(=O)NS(=O)(=O)C1CC1. The fraction of sp³-hybridized carbons (Fsp3) is 0.357. The summed E-state index contributed by atoms with van der Waals surface area (Å²) in [5, 5.41) is 0.563. The largest absolute Gasteiger partial charge is 0.361 e. The number of para-hydroxylation sites is 1. The Morgan fingerprint density at radius 3 is 2.81 bits per heavy atom. The smallest absolute Gasteiger partial charge is 0.250 e. The molecule has 1 heterocycles. The maximum atomic E-state index is 11.9. The van der Waals surface area contributed by atoms with Crippen LogP contribution in [0.4, 0.5) is 0 Å². The highest BCUT2D eigenvalue weighted by Crippen LogP contribution is 2.27. The molecule has 1 aromatic carbocycles. The first kappa shape index (κ1) is 14.1. The van der Waals surface area contributed by atoms with E-state index in [9.17, 15) is 13.2 Å². The van der Waals surface area contributed by atoms with Gasteiger partial charge in [0, 0.05) is 17.1 Å².